The number of hydrogen-bond donors (Lipinski definition) is 2. The SMILES string of the molecule is CNC(=O)c1c(-c2ccc(Cl)cc2)nn2cc(NS(=O)(=O)CCc3ccc(B4OC(C)(C)C(C)(C)O4)c(F)c3)c(C3CC3)cc12. The van der Waals surface area contributed by atoms with Gasteiger partial charge in [0.15, 0.2) is 0 Å². The van der Waals surface area contributed by atoms with Crippen molar-refractivity contribution in [2.24, 2.45) is 0 Å². The summed E-state index contributed by atoms with van der Waals surface area (Å²) in [5.74, 6) is -0.916. The number of amides is 1. The van der Waals surface area contributed by atoms with Crippen molar-refractivity contribution in [2.75, 3.05) is 17.5 Å². The minimum Gasteiger partial charge on any atom is -0.399 e. The lowest BCUT2D eigenvalue weighted by molar-refractivity contribution is 0.00578. The summed E-state index contributed by atoms with van der Waals surface area (Å²) >= 11 is 6.08. The van der Waals surface area contributed by atoms with Gasteiger partial charge in [-0.05, 0) is 88.3 Å². The Balaban J connectivity index is 1.25. The molecule has 45 heavy (non-hydrogen) atoms. The molecule has 0 bridgehead atoms. The van der Waals surface area contributed by atoms with Gasteiger partial charge >= 0.3 is 7.12 Å². The number of aromatic nitrogens is 2. The Bertz CT molecular complexity index is 1890. The number of carbonyl (C=O) groups is 1. The summed E-state index contributed by atoms with van der Waals surface area (Å²) in [6.45, 7) is 7.59. The molecule has 9 nitrogen and oxygen atoms in total. The van der Waals surface area contributed by atoms with E-state index in [1.807, 2.05) is 33.8 Å². The third-order valence-corrected chi connectivity index (χ3v) is 10.4. The summed E-state index contributed by atoms with van der Waals surface area (Å²) in [7, 11) is -3.13. The van der Waals surface area contributed by atoms with E-state index in [0.29, 0.717) is 38.6 Å². The van der Waals surface area contributed by atoms with Gasteiger partial charge in [-0.1, -0.05) is 35.9 Å². The Morgan fingerprint density at radius 2 is 1.76 bits per heavy atom. The number of carbonyl (C=O) groups excluding carboxylic acids is 1. The van der Waals surface area contributed by atoms with Crippen LogP contribution in [-0.4, -0.2) is 55.1 Å². The van der Waals surface area contributed by atoms with E-state index in [0.717, 1.165) is 18.4 Å². The van der Waals surface area contributed by atoms with Gasteiger partial charge in [0, 0.05) is 23.1 Å². The summed E-state index contributed by atoms with van der Waals surface area (Å²) < 4.78 is 58.0. The molecule has 13 heteroatoms. The van der Waals surface area contributed by atoms with Gasteiger partial charge in [0.2, 0.25) is 10.0 Å². The molecule has 0 atom stereocenters. The van der Waals surface area contributed by atoms with Crippen molar-refractivity contribution >= 4 is 51.3 Å². The van der Waals surface area contributed by atoms with Gasteiger partial charge in [-0.3, -0.25) is 9.52 Å². The average Bonchev–Trinajstić information content (AvgIpc) is 3.71. The van der Waals surface area contributed by atoms with E-state index < -0.39 is 34.2 Å². The zero-order valence-corrected chi connectivity index (χ0v) is 27.4. The zero-order valence-electron chi connectivity index (χ0n) is 25.8. The zero-order chi connectivity index (χ0) is 32.3. The average molecular weight is 653 g/mol. The molecule has 0 unspecified atom stereocenters. The van der Waals surface area contributed by atoms with E-state index >= 15 is 4.39 Å². The normalized spacial score (nSPS) is 17.5. The van der Waals surface area contributed by atoms with E-state index in [1.54, 1.807) is 49.6 Å². The Morgan fingerprint density at radius 3 is 2.36 bits per heavy atom. The van der Waals surface area contributed by atoms with Crippen LogP contribution in [0.1, 0.15) is 67.9 Å². The maximum atomic E-state index is 15.2. The van der Waals surface area contributed by atoms with Gasteiger partial charge in [-0.25, -0.2) is 17.3 Å². The van der Waals surface area contributed by atoms with E-state index in [9.17, 15) is 13.2 Å². The molecule has 4 aromatic rings. The summed E-state index contributed by atoms with van der Waals surface area (Å²) in [4.78, 5) is 13.0. The first kappa shape index (κ1) is 31.5. The van der Waals surface area contributed by atoms with E-state index in [4.69, 9.17) is 20.9 Å². The van der Waals surface area contributed by atoms with Gasteiger partial charge in [0.1, 0.15) is 11.5 Å². The van der Waals surface area contributed by atoms with Crippen molar-refractivity contribution in [3.8, 4) is 11.3 Å². The minimum absolute atomic E-state index is 0.0974. The lowest BCUT2D eigenvalue weighted by atomic mass is 9.78. The molecule has 2 aromatic heterocycles. The molecule has 0 radical (unpaired) electrons. The number of halogens is 2. The molecule has 236 valence electrons. The lowest BCUT2D eigenvalue weighted by Gasteiger charge is -2.32. The van der Waals surface area contributed by atoms with Gasteiger partial charge in [0.05, 0.1) is 39.9 Å². The highest BCUT2D eigenvalue weighted by Crippen LogP contribution is 2.45. The van der Waals surface area contributed by atoms with Crippen LogP contribution >= 0.6 is 11.6 Å². The molecule has 1 aliphatic carbocycles. The highest BCUT2D eigenvalue weighted by molar-refractivity contribution is 7.92. The summed E-state index contributed by atoms with van der Waals surface area (Å²) in [5, 5.41) is 7.92. The van der Waals surface area contributed by atoms with E-state index in [2.05, 4.69) is 15.1 Å². The molecule has 6 rings (SSSR count). The first-order chi connectivity index (χ1) is 21.2. The van der Waals surface area contributed by atoms with Crippen LogP contribution in [0.2, 0.25) is 5.02 Å². The van der Waals surface area contributed by atoms with Crippen molar-refractivity contribution in [1.82, 2.24) is 14.9 Å². The maximum absolute atomic E-state index is 15.2. The predicted octanol–water partition coefficient (Wildman–Crippen LogP) is 5.31. The first-order valence-electron chi connectivity index (χ1n) is 14.9. The molecule has 2 aromatic carbocycles. The number of benzene rings is 2. The standard InChI is InChI=1S/C32H35BClFN4O5S/c1-31(2)32(3,4)44-33(43-31)24-13-6-19(16-25(24)35)14-15-45(41,42)38-26-18-39-27(17-23(26)20-7-8-20)28(30(40)36-5)29(37-39)21-9-11-22(34)12-10-21/h6,9-13,16-18,20,38H,7-8,14-15H2,1-5H3,(H,36,40). The predicted molar refractivity (Wildman–Crippen MR) is 174 cm³/mol. The molecule has 0 spiro atoms. The summed E-state index contributed by atoms with van der Waals surface area (Å²) in [6, 6.07) is 13.5. The van der Waals surface area contributed by atoms with Crippen LogP contribution in [0, 0.1) is 5.82 Å². The molecule has 3 heterocycles. The molecule has 2 aliphatic rings. The van der Waals surface area contributed by atoms with Crippen LogP contribution in [0.5, 0.6) is 0 Å². The van der Waals surface area contributed by atoms with E-state index in [1.165, 1.54) is 10.6 Å². The van der Waals surface area contributed by atoms with E-state index in [-0.39, 0.29) is 29.5 Å². The number of pyridine rings is 1. The number of hydrogen-bond acceptors (Lipinski definition) is 6. The largest absolute Gasteiger partial charge is 0.497 e. The van der Waals surface area contributed by atoms with Crippen molar-refractivity contribution < 1.29 is 26.9 Å². The highest BCUT2D eigenvalue weighted by atomic mass is 35.5. The van der Waals surface area contributed by atoms with Crippen LogP contribution < -0.4 is 15.5 Å². The highest BCUT2D eigenvalue weighted by Gasteiger charge is 2.52. The van der Waals surface area contributed by atoms with Gasteiger partial charge in [-0.15, -0.1) is 0 Å². The number of anilines is 1. The van der Waals surface area contributed by atoms with Crippen LogP contribution in [0.25, 0.3) is 16.8 Å². The monoisotopic (exact) mass is 652 g/mol. The van der Waals surface area contributed by atoms with Crippen molar-refractivity contribution in [3.05, 3.63) is 82.3 Å². The van der Waals surface area contributed by atoms with Crippen molar-refractivity contribution in [1.29, 1.82) is 0 Å². The topological polar surface area (TPSA) is 111 Å². The van der Waals surface area contributed by atoms with Gasteiger partial charge in [-0.2, -0.15) is 5.10 Å². The van der Waals surface area contributed by atoms with Crippen LogP contribution in [0.3, 0.4) is 0 Å². The molecular formula is C32H35BClFN4O5S. The molecule has 1 aliphatic heterocycles. The Hall–Kier alpha value is -3.45. The molecular weight excluding hydrogens is 618 g/mol. The van der Waals surface area contributed by atoms with Crippen LogP contribution in [-0.2, 0) is 25.8 Å². The Morgan fingerprint density at radius 1 is 1.09 bits per heavy atom. The van der Waals surface area contributed by atoms with Crippen LogP contribution in [0.15, 0.2) is 54.7 Å². The molecule has 1 amide bonds. The van der Waals surface area contributed by atoms with Crippen molar-refractivity contribution in [3.63, 3.8) is 0 Å². The number of sulfonamides is 1. The lowest BCUT2D eigenvalue weighted by Crippen LogP contribution is -2.41. The number of fused-ring (bicyclic) bond motifs is 1. The molecule has 1 saturated heterocycles. The second-order valence-electron chi connectivity index (χ2n) is 12.7. The maximum Gasteiger partial charge on any atom is 0.497 e. The Kier molecular flexibility index (Phi) is 8.00. The number of nitrogens with zero attached hydrogens (tertiary/aromatic N) is 2. The fraction of sp³-hybridized carbons (Fsp3) is 0.375. The third kappa shape index (κ3) is 6.21. The van der Waals surface area contributed by atoms with Gasteiger partial charge in [0.25, 0.3) is 5.91 Å². The molecule has 1 saturated carbocycles. The fourth-order valence-electron chi connectivity index (χ4n) is 5.44. The number of nitrogens with one attached hydrogen (secondary N) is 2. The summed E-state index contributed by atoms with van der Waals surface area (Å²) in [6.07, 6.45) is 3.53. The second-order valence-corrected chi connectivity index (χ2v) is 14.9. The Labute approximate surface area is 267 Å². The quantitative estimate of drug-likeness (QED) is 0.237. The molecule has 2 fully saturated rings. The summed E-state index contributed by atoms with van der Waals surface area (Å²) in [5.41, 5.74) is 2.92. The number of aryl methyl sites for hydroxylation is 1. The smallest absolute Gasteiger partial charge is 0.399 e. The minimum atomic E-state index is -3.84. The van der Waals surface area contributed by atoms with Gasteiger partial charge < -0.3 is 14.6 Å². The number of rotatable bonds is 9. The molecule has 2 N–H and O–H groups in total. The third-order valence-electron chi connectivity index (χ3n) is 8.89. The van der Waals surface area contributed by atoms with Crippen LogP contribution in [0.4, 0.5) is 10.1 Å². The van der Waals surface area contributed by atoms with Crippen molar-refractivity contribution in [2.45, 2.75) is 64.1 Å². The first-order valence-corrected chi connectivity index (χ1v) is 16.9. The fourth-order valence-corrected chi connectivity index (χ4v) is 6.68. The second kappa shape index (κ2) is 11.4.